The molecule has 0 bridgehead atoms. The summed E-state index contributed by atoms with van der Waals surface area (Å²) >= 11 is 6.05. The molecule has 0 spiro atoms. The van der Waals surface area contributed by atoms with Gasteiger partial charge in [0, 0.05) is 104 Å². The lowest BCUT2D eigenvalue weighted by Gasteiger charge is -2.30. The summed E-state index contributed by atoms with van der Waals surface area (Å²) in [5, 5.41) is 17.4. The summed E-state index contributed by atoms with van der Waals surface area (Å²) in [4.78, 5) is 202. The Balaban J connectivity index is 1.55. The molecule has 30 heteroatoms. The lowest BCUT2D eigenvalue weighted by molar-refractivity contribution is -0.220. The van der Waals surface area contributed by atoms with Gasteiger partial charge in [-0.1, -0.05) is 31.9 Å². The van der Waals surface area contributed by atoms with Gasteiger partial charge in [0.25, 0.3) is 29.5 Å². The predicted molar refractivity (Wildman–Crippen MR) is 244 cm³/mol. The Morgan fingerprint density at radius 3 is 1.31 bits per heavy atom. The van der Waals surface area contributed by atoms with E-state index in [-0.39, 0.29) is 81.9 Å². The van der Waals surface area contributed by atoms with Gasteiger partial charge in [-0.15, -0.1) is 10.1 Å². The van der Waals surface area contributed by atoms with Gasteiger partial charge in [-0.2, -0.15) is 10.1 Å². The van der Waals surface area contributed by atoms with Crippen molar-refractivity contribution in [2.45, 2.75) is 96.1 Å². The van der Waals surface area contributed by atoms with Crippen LogP contribution in [0.1, 0.15) is 89.9 Å². The molecule has 4 rings (SSSR count). The van der Waals surface area contributed by atoms with Crippen LogP contribution >= 0.6 is 31.9 Å². The van der Waals surface area contributed by atoms with Gasteiger partial charge >= 0.3 is 23.9 Å². The van der Waals surface area contributed by atoms with Gasteiger partial charge in [0.15, 0.2) is 6.23 Å². The first-order valence-corrected chi connectivity index (χ1v) is 25.3. The minimum absolute atomic E-state index is 0.0142. The molecular formula is C42H57Br2N9O19. The lowest BCUT2D eigenvalue weighted by atomic mass is 10.1. The summed E-state index contributed by atoms with van der Waals surface area (Å²) in [6.07, 6.45) is -3.72. The number of hydrogen-bond donors (Lipinski definition) is 3. The molecule has 0 aromatic rings. The van der Waals surface area contributed by atoms with Crippen LogP contribution in [0.5, 0.6) is 0 Å². The zero-order valence-electron chi connectivity index (χ0n) is 39.2. The van der Waals surface area contributed by atoms with Gasteiger partial charge in [-0.25, -0.2) is 19.2 Å². The van der Waals surface area contributed by atoms with Crippen LogP contribution in [-0.2, 0) is 86.5 Å². The normalized spacial score (nSPS) is 16.6. The number of imide groups is 1. The van der Waals surface area contributed by atoms with E-state index in [0.717, 1.165) is 24.8 Å². The van der Waals surface area contributed by atoms with E-state index in [2.05, 4.69) is 42.5 Å². The number of carbonyl (C=O) groups is 14. The van der Waals surface area contributed by atoms with E-state index >= 15 is 0 Å². The number of nitrogens with zero attached hydrogens (tertiary/aromatic N) is 7. The molecule has 3 N–H and O–H groups in total. The van der Waals surface area contributed by atoms with E-state index in [0.29, 0.717) is 23.0 Å². The van der Waals surface area contributed by atoms with Crippen molar-refractivity contribution in [1.82, 2.24) is 45.6 Å². The molecule has 0 saturated carbocycles. The Bertz CT molecular complexity index is 2060. The highest BCUT2D eigenvalue weighted by Gasteiger charge is 2.35. The fourth-order valence-corrected chi connectivity index (χ4v) is 7.70. The minimum atomic E-state index is -1.38. The van der Waals surface area contributed by atoms with Crippen LogP contribution in [0, 0.1) is 5.92 Å². The topological polar surface area (TPSA) is 343 Å². The first kappa shape index (κ1) is 58.3. The van der Waals surface area contributed by atoms with Crippen LogP contribution in [0.15, 0.2) is 0 Å². The number of halogens is 2. The van der Waals surface area contributed by atoms with Crippen molar-refractivity contribution in [3.05, 3.63) is 0 Å². The molecule has 1 unspecified atom stereocenters. The number of hydroxylamine groups is 8. The second-order valence-corrected chi connectivity index (χ2v) is 17.7. The molecule has 1 atom stereocenters. The van der Waals surface area contributed by atoms with Crippen molar-refractivity contribution in [2.24, 2.45) is 5.92 Å². The monoisotopic (exact) mass is 1150 g/mol. The highest BCUT2D eigenvalue weighted by molar-refractivity contribution is 9.09. The number of carbonyl (C=O) groups excluding carboxylic acids is 14. The smallest absolute Gasteiger partial charge is 0.334 e. The van der Waals surface area contributed by atoms with E-state index in [9.17, 15) is 72.2 Å². The van der Waals surface area contributed by atoms with Crippen molar-refractivity contribution in [3.63, 3.8) is 0 Å². The summed E-state index contributed by atoms with van der Waals surface area (Å²) < 4.78 is 0. The zero-order valence-corrected chi connectivity index (χ0v) is 42.4. The number of amides is 10. The van der Waals surface area contributed by atoms with Crippen LogP contribution in [0.25, 0.3) is 0 Å². The number of aliphatic hydroxyl groups is 1. The number of nitrogens with one attached hydrogen (secondary N) is 2. The van der Waals surface area contributed by atoms with Crippen LogP contribution < -0.4 is 10.6 Å². The van der Waals surface area contributed by atoms with Crippen molar-refractivity contribution in [1.29, 1.82) is 0 Å². The van der Waals surface area contributed by atoms with Crippen molar-refractivity contribution >= 4 is 115 Å². The third kappa shape index (κ3) is 18.7. The molecule has 4 saturated heterocycles. The molecule has 4 fully saturated rings. The Hall–Kier alpha value is -6.30. The zero-order chi connectivity index (χ0) is 52.9. The molecule has 4 aliphatic rings. The predicted octanol–water partition coefficient (Wildman–Crippen LogP) is -2.38. The Kier molecular flexibility index (Phi) is 23.7. The average molecular weight is 1150 g/mol. The van der Waals surface area contributed by atoms with E-state index < -0.39 is 166 Å². The van der Waals surface area contributed by atoms with Crippen LogP contribution in [0.2, 0.25) is 0 Å². The van der Waals surface area contributed by atoms with E-state index in [1.165, 1.54) is 0 Å². The summed E-state index contributed by atoms with van der Waals surface area (Å²) in [6, 6.07) is 0. The number of rotatable bonds is 29. The molecule has 28 nitrogen and oxygen atoms in total. The standard InChI is InChI=1S/C42H57Br2N9O19/c43-23-28(54)45-25-27(26-46-29(55)24-44)42(68)49(17-9-30(56)47(19-11-38(64)69-50-15-1-3-32(50)58)21-13-40(66)71-52-34(60)5-6-35(52)61)18-10-31(57)48(20-12-39(65)70-51-16-2-4-33(51)59)22-14-41(67)72-53-36(62)7-8-37(53)63/h27,34,60H,1-26H2,(H,45,54)(H,46,55). The molecule has 0 aliphatic carbocycles. The Labute approximate surface area is 428 Å². The molecule has 4 heterocycles. The summed E-state index contributed by atoms with van der Waals surface area (Å²) in [5.41, 5.74) is 0. The SMILES string of the molecule is O=C(CBr)NCC(CNC(=O)CBr)C(=O)N(CCC(=O)N(CCC(=O)ON1CCCC1=O)CCC(=O)ON1C(=O)CCC1=O)CCC(=O)N(CCC(=O)ON1CCCC1=O)CCC(=O)ON1C(=O)CCC1O. The number of hydrogen-bond acceptors (Lipinski definition) is 19. The van der Waals surface area contributed by atoms with Gasteiger partial charge < -0.3 is 49.8 Å². The van der Waals surface area contributed by atoms with E-state index in [1.54, 1.807) is 0 Å². The first-order valence-electron chi connectivity index (χ1n) is 23.1. The fourth-order valence-electron chi connectivity index (χ4n) is 7.31. The average Bonchev–Trinajstić information content (AvgIpc) is 4.12. The molecule has 0 aromatic heterocycles. The fraction of sp³-hybridized carbons (Fsp3) is 0.667. The maximum atomic E-state index is 14.4. The van der Waals surface area contributed by atoms with Gasteiger partial charge in [0.05, 0.1) is 55.4 Å². The van der Waals surface area contributed by atoms with Gasteiger partial charge in [-0.3, -0.25) is 47.9 Å². The van der Waals surface area contributed by atoms with Crippen LogP contribution in [0.3, 0.4) is 0 Å². The largest absolute Gasteiger partial charge is 0.370 e. The molecule has 10 amide bonds. The quantitative estimate of drug-likeness (QED) is 0.0520. The molecule has 4 aliphatic heterocycles. The van der Waals surface area contributed by atoms with Gasteiger partial charge in [-0.05, 0) is 12.8 Å². The molecule has 0 aromatic carbocycles. The van der Waals surface area contributed by atoms with Gasteiger partial charge in [0.2, 0.25) is 29.5 Å². The van der Waals surface area contributed by atoms with Gasteiger partial charge in [0.1, 0.15) is 0 Å². The Morgan fingerprint density at radius 1 is 0.528 bits per heavy atom. The second-order valence-electron chi connectivity index (χ2n) is 16.5. The maximum Gasteiger partial charge on any atom is 0.334 e. The summed E-state index contributed by atoms with van der Waals surface area (Å²) in [7, 11) is 0. The van der Waals surface area contributed by atoms with Crippen molar-refractivity contribution in [2.75, 3.05) is 76.1 Å². The molecular weight excluding hydrogens is 1090 g/mol. The minimum Gasteiger partial charge on any atom is -0.370 e. The van der Waals surface area contributed by atoms with Crippen LogP contribution in [0.4, 0.5) is 0 Å². The van der Waals surface area contributed by atoms with E-state index in [4.69, 9.17) is 19.4 Å². The Morgan fingerprint density at radius 2 is 0.931 bits per heavy atom. The van der Waals surface area contributed by atoms with Crippen molar-refractivity contribution in [3.8, 4) is 0 Å². The number of aliphatic hydroxyl groups excluding tert-OH is 1. The third-order valence-electron chi connectivity index (χ3n) is 11.3. The lowest BCUT2D eigenvalue weighted by Crippen LogP contribution is -2.48. The molecule has 0 radical (unpaired) electrons. The number of alkyl halides is 2. The third-order valence-corrected chi connectivity index (χ3v) is 12.3. The maximum absolute atomic E-state index is 14.4. The van der Waals surface area contributed by atoms with Crippen LogP contribution in [-0.4, -0.2) is 205 Å². The molecule has 72 heavy (non-hydrogen) atoms. The van der Waals surface area contributed by atoms with E-state index in [1.807, 2.05) is 0 Å². The molecule has 398 valence electrons. The summed E-state index contributed by atoms with van der Waals surface area (Å²) in [5.74, 6) is -11.4. The second kappa shape index (κ2) is 29.3. The highest BCUT2D eigenvalue weighted by Crippen LogP contribution is 2.19. The summed E-state index contributed by atoms with van der Waals surface area (Å²) in [6.45, 7) is -2.87. The first-order chi connectivity index (χ1) is 34.3. The highest BCUT2D eigenvalue weighted by atomic mass is 79.9. The van der Waals surface area contributed by atoms with Crippen molar-refractivity contribution < 1.29 is 91.6 Å².